The third kappa shape index (κ3) is 5.68. The monoisotopic (exact) mass is 452 g/mol. The van der Waals surface area contributed by atoms with Crippen LogP contribution in [0.25, 0.3) is 6.08 Å². The fourth-order valence-corrected chi connectivity index (χ4v) is 4.48. The number of tetrazole rings is 1. The van der Waals surface area contributed by atoms with Gasteiger partial charge in [-0.1, -0.05) is 60.0 Å². The van der Waals surface area contributed by atoms with Crippen LogP contribution in [-0.4, -0.2) is 30.2 Å². The van der Waals surface area contributed by atoms with Crippen LogP contribution >= 0.6 is 22.9 Å². The Balaban J connectivity index is 1.69. The van der Waals surface area contributed by atoms with Crippen molar-refractivity contribution in [1.29, 1.82) is 0 Å². The molecule has 4 rings (SSSR count). The maximum Gasteiger partial charge on any atom is 0.178 e. The highest BCUT2D eigenvalue weighted by Gasteiger charge is 2.13. The first kappa shape index (κ1) is 21.5. The van der Waals surface area contributed by atoms with Gasteiger partial charge in [-0.15, -0.1) is 21.5 Å². The van der Waals surface area contributed by atoms with Gasteiger partial charge in [0.05, 0.1) is 18.4 Å². The summed E-state index contributed by atoms with van der Waals surface area (Å²) in [5, 5.41) is 17.4. The molecule has 0 aliphatic carbocycles. The number of aromatic amines is 1. The van der Waals surface area contributed by atoms with Gasteiger partial charge in [0, 0.05) is 29.2 Å². The summed E-state index contributed by atoms with van der Waals surface area (Å²) in [4.78, 5) is 6.06. The quantitative estimate of drug-likeness (QED) is 0.351. The van der Waals surface area contributed by atoms with Gasteiger partial charge in [-0.25, -0.2) is 4.98 Å². The highest BCUT2D eigenvalue weighted by molar-refractivity contribution is 7.09. The third-order valence-electron chi connectivity index (χ3n) is 5.12. The lowest BCUT2D eigenvalue weighted by Gasteiger charge is -2.13. The fourth-order valence-electron chi connectivity index (χ4n) is 3.53. The van der Waals surface area contributed by atoms with Crippen molar-refractivity contribution in [1.82, 2.24) is 30.2 Å². The maximum atomic E-state index is 6.47. The van der Waals surface area contributed by atoms with E-state index in [0.717, 1.165) is 47.8 Å². The Bertz CT molecular complexity index is 1080. The van der Waals surface area contributed by atoms with Crippen molar-refractivity contribution in [3.05, 3.63) is 86.4 Å². The summed E-state index contributed by atoms with van der Waals surface area (Å²) in [5.74, 6) is 1.77. The maximum absolute atomic E-state index is 6.47. The average molecular weight is 453 g/mol. The van der Waals surface area contributed by atoms with Crippen molar-refractivity contribution in [2.75, 3.05) is 0 Å². The van der Waals surface area contributed by atoms with Crippen molar-refractivity contribution in [3.63, 3.8) is 0 Å². The van der Waals surface area contributed by atoms with Crippen molar-refractivity contribution in [2.24, 2.45) is 0 Å². The molecule has 1 aromatic carbocycles. The second-order valence-corrected chi connectivity index (χ2v) is 8.88. The van der Waals surface area contributed by atoms with Gasteiger partial charge in [0.1, 0.15) is 5.82 Å². The lowest BCUT2D eigenvalue weighted by molar-refractivity contribution is 0.674. The van der Waals surface area contributed by atoms with E-state index in [1.807, 2.05) is 24.4 Å². The minimum Gasteiger partial charge on any atom is -0.324 e. The van der Waals surface area contributed by atoms with Gasteiger partial charge in [0.25, 0.3) is 0 Å². The Kier molecular flexibility index (Phi) is 7.27. The molecule has 0 fully saturated rings. The van der Waals surface area contributed by atoms with E-state index >= 15 is 0 Å². The van der Waals surface area contributed by atoms with E-state index < -0.39 is 0 Å². The number of hydrogen-bond donors (Lipinski definition) is 1. The van der Waals surface area contributed by atoms with Crippen LogP contribution in [0.3, 0.4) is 0 Å². The molecule has 6 nitrogen and oxygen atoms in total. The minimum absolute atomic E-state index is 0.635. The smallest absolute Gasteiger partial charge is 0.178 e. The summed E-state index contributed by atoms with van der Waals surface area (Å²) in [6.07, 6.45) is 8.84. The predicted molar refractivity (Wildman–Crippen MR) is 125 cm³/mol. The molecule has 160 valence electrons. The second kappa shape index (κ2) is 10.5. The summed E-state index contributed by atoms with van der Waals surface area (Å²) >= 11 is 8.23. The van der Waals surface area contributed by atoms with E-state index in [4.69, 9.17) is 16.6 Å². The molecule has 1 N–H and O–H groups in total. The van der Waals surface area contributed by atoms with Crippen molar-refractivity contribution >= 4 is 29.0 Å². The SMILES string of the molecule is CCCCc1ncc(/C=C(/Cc2nn[nH]n2)Cc2cccs2)n1Cc1ccccc1Cl. The molecule has 3 heterocycles. The molecule has 0 saturated heterocycles. The molecule has 0 spiro atoms. The van der Waals surface area contributed by atoms with Crippen LogP contribution in [0.15, 0.2) is 53.5 Å². The molecule has 0 amide bonds. The van der Waals surface area contributed by atoms with Crippen LogP contribution in [-0.2, 0) is 25.8 Å². The number of H-pyrrole nitrogens is 1. The van der Waals surface area contributed by atoms with E-state index in [1.54, 1.807) is 11.3 Å². The van der Waals surface area contributed by atoms with Crippen molar-refractivity contribution in [3.8, 4) is 0 Å². The molecule has 0 aliphatic heterocycles. The molecular weight excluding hydrogens is 428 g/mol. The zero-order valence-electron chi connectivity index (χ0n) is 17.5. The van der Waals surface area contributed by atoms with Gasteiger partial charge in [-0.05, 0) is 35.6 Å². The standard InChI is InChI=1S/C23H25ClN6S/c1-2-3-10-23-25-15-19(30(23)16-18-7-4-5-9-21(18)24)12-17(13-20-8-6-11-31-20)14-22-26-28-29-27-22/h4-9,11-12,15H,2-3,10,13-14,16H2,1H3,(H,26,27,28,29)/b17-12+. The van der Waals surface area contributed by atoms with E-state index in [-0.39, 0.29) is 0 Å². The van der Waals surface area contributed by atoms with Crippen LogP contribution in [0.2, 0.25) is 5.02 Å². The van der Waals surface area contributed by atoms with Gasteiger partial charge >= 0.3 is 0 Å². The Hall–Kier alpha value is -2.77. The number of thiophene rings is 1. The van der Waals surface area contributed by atoms with Crippen LogP contribution in [0.5, 0.6) is 0 Å². The molecule has 0 saturated carbocycles. The van der Waals surface area contributed by atoms with Gasteiger partial charge in [0.2, 0.25) is 0 Å². The number of nitrogens with one attached hydrogen (secondary N) is 1. The highest BCUT2D eigenvalue weighted by atomic mass is 35.5. The Labute approximate surface area is 191 Å². The Morgan fingerprint density at radius 2 is 2.10 bits per heavy atom. The zero-order chi connectivity index (χ0) is 21.5. The van der Waals surface area contributed by atoms with Crippen molar-refractivity contribution in [2.45, 2.75) is 45.6 Å². The number of aryl methyl sites for hydroxylation is 1. The number of nitrogens with zero attached hydrogens (tertiary/aromatic N) is 5. The topological polar surface area (TPSA) is 72.3 Å². The van der Waals surface area contributed by atoms with Crippen LogP contribution in [0, 0.1) is 0 Å². The number of allylic oxidation sites excluding steroid dienone is 1. The summed E-state index contributed by atoms with van der Waals surface area (Å²) < 4.78 is 2.28. The molecule has 8 heteroatoms. The van der Waals surface area contributed by atoms with Gasteiger partial charge in [0.15, 0.2) is 5.82 Å². The van der Waals surface area contributed by atoms with E-state index in [1.165, 1.54) is 10.5 Å². The van der Waals surface area contributed by atoms with E-state index in [2.05, 4.69) is 61.8 Å². The van der Waals surface area contributed by atoms with E-state index in [0.29, 0.717) is 18.8 Å². The Morgan fingerprint density at radius 1 is 1.19 bits per heavy atom. The van der Waals surface area contributed by atoms with Crippen LogP contribution in [0.4, 0.5) is 0 Å². The summed E-state index contributed by atoms with van der Waals surface area (Å²) in [6.45, 7) is 2.89. The summed E-state index contributed by atoms with van der Waals surface area (Å²) in [7, 11) is 0. The molecular formula is C23H25ClN6S. The first-order valence-electron chi connectivity index (χ1n) is 10.4. The molecule has 0 aliphatic rings. The molecule has 4 aromatic rings. The average Bonchev–Trinajstić information content (AvgIpc) is 3.53. The molecule has 0 bridgehead atoms. The molecule has 0 atom stereocenters. The summed E-state index contributed by atoms with van der Waals surface area (Å²) in [6, 6.07) is 12.2. The van der Waals surface area contributed by atoms with E-state index in [9.17, 15) is 0 Å². The van der Waals surface area contributed by atoms with Crippen molar-refractivity contribution < 1.29 is 0 Å². The number of imidazole rings is 1. The first-order chi connectivity index (χ1) is 15.2. The minimum atomic E-state index is 0.635. The molecule has 0 radical (unpaired) electrons. The molecule has 31 heavy (non-hydrogen) atoms. The number of aromatic nitrogens is 6. The zero-order valence-corrected chi connectivity index (χ0v) is 19.0. The largest absolute Gasteiger partial charge is 0.324 e. The van der Waals surface area contributed by atoms with Gasteiger partial charge in [-0.3, -0.25) is 0 Å². The van der Waals surface area contributed by atoms with Gasteiger partial charge in [-0.2, -0.15) is 5.21 Å². The number of rotatable bonds is 10. The highest BCUT2D eigenvalue weighted by Crippen LogP contribution is 2.23. The second-order valence-electron chi connectivity index (χ2n) is 7.44. The molecule has 3 aromatic heterocycles. The Morgan fingerprint density at radius 3 is 2.84 bits per heavy atom. The molecule has 0 unspecified atom stereocenters. The fraction of sp³-hybridized carbons (Fsp3) is 0.304. The van der Waals surface area contributed by atoms with Gasteiger partial charge < -0.3 is 4.57 Å². The number of hydrogen-bond acceptors (Lipinski definition) is 5. The van der Waals surface area contributed by atoms with Crippen LogP contribution in [0.1, 0.15) is 47.5 Å². The number of benzene rings is 1. The predicted octanol–water partition coefficient (Wildman–Crippen LogP) is 5.37. The lowest BCUT2D eigenvalue weighted by Crippen LogP contribution is -2.08. The third-order valence-corrected chi connectivity index (χ3v) is 6.36. The van der Waals surface area contributed by atoms with Crippen LogP contribution < -0.4 is 0 Å². The lowest BCUT2D eigenvalue weighted by atomic mass is 10.1. The number of halogens is 1. The first-order valence-corrected chi connectivity index (χ1v) is 11.7. The summed E-state index contributed by atoms with van der Waals surface area (Å²) in [5.41, 5.74) is 3.37. The normalized spacial score (nSPS) is 11.9. The number of unbranched alkanes of at least 4 members (excludes halogenated alkanes) is 1.